The van der Waals surface area contributed by atoms with Crippen molar-refractivity contribution in [2.45, 2.75) is 37.3 Å². The number of aliphatic hydroxyl groups is 2. The summed E-state index contributed by atoms with van der Waals surface area (Å²) in [5.74, 6) is 0. The van der Waals surface area contributed by atoms with Gasteiger partial charge in [0.05, 0.1) is 32.0 Å². The van der Waals surface area contributed by atoms with Gasteiger partial charge in [-0.15, -0.1) is 0 Å². The summed E-state index contributed by atoms with van der Waals surface area (Å²) in [6.07, 6.45) is -4.01. The molecule has 0 bridgehead atoms. The highest BCUT2D eigenvalue weighted by molar-refractivity contribution is 5.16. The lowest BCUT2D eigenvalue weighted by atomic mass is 10.0. The van der Waals surface area contributed by atoms with Gasteiger partial charge in [-0.2, -0.15) is 0 Å². The molecule has 0 aromatic heterocycles. The second kappa shape index (κ2) is 10.2. The Bertz CT molecular complexity index is 770. The van der Waals surface area contributed by atoms with Gasteiger partial charge in [0, 0.05) is 10.5 Å². The fourth-order valence-electron chi connectivity index (χ4n) is 3.00. The van der Waals surface area contributed by atoms with Crippen LogP contribution in [0.2, 0.25) is 0 Å². The van der Waals surface area contributed by atoms with Crippen molar-refractivity contribution < 1.29 is 24.4 Å². The first-order valence-electron chi connectivity index (χ1n) is 9.03. The Morgan fingerprint density at radius 1 is 1.14 bits per heavy atom. The van der Waals surface area contributed by atoms with Crippen LogP contribution in [-0.4, -0.2) is 47.8 Å². The Balaban J connectivity index is 1.63. The Kier molecular flexibility index (Phi) is 7.39. The maximum absolute atomic E-state index is 10.7. The van der Waals surface area contributed by atoms with Crippen LogP contribution in [0.5, 0.6) is 0 Å². The van der Waals surface area contributed by atoms with Crippen LogP contribution in [0, 0.1) is 0 Å². The third kappa shape index (κ3) is 5.30. The third-order valence-electron chi connectivity index (χ3n) is 4.48. The molecule has 148 valence electrons. The topological polar surface area (TPSA) is 117 Å². The van der Waals surface area contributed by atoms with E-state index in [-0.39, 0.29) is 13.2 Å². The van der Waals surface area contributed by atoms with E-state index < -0.39 is 30.6 Å². The fraction of sp³-hybridized carbons (Fsp3) is 0.400. The molecule has 5 atom stereocenters. The Morgan fingerprint density at radius 3 is 2.50 bits per heavy atom. The van der Waals surface area contributed by atoms with Gasteiger partial charge in [0.25, 0.3) is 0 Å². The molecule has 0 radical (unpaired) electrons. The number of hydrogen-bond donors (Lipinski definition) is 2. The second-order valence-corrected chi connectivity index (χ2v) is 6.51. The van der Waals surface area contributed by atoms with Gasteiger partial charge in [-0.05, 0) is 11.1 Å². The molecule has 1 aliphatic rings. The predicted octanol–water partition coefficient (Wildman–Crippen LogP) is 2.72. The third-order valence-corrected chi connectivity index (χ3v) is 4.48. The molecule has 8 heteroatoms. The molecule has 2 aromatic rings. The Labute approximate surface area is 162 Å². The van der Waals surface area contributed by atoms with E-state index in [1.54, 1.807) is 0 Å². The van der Waals surface area contributed by atoms with Crippen LogP contribution in [0.1, 0.15) is 17.4 Å². The van der Waals surface area contributed by atoms with Crippen molar-refractivity contribution in [1.82, 2.24) is 0 Å². The van der Waals surface area contributed by atoms with Crippen molar-refractivity contribution in [3.63, 3.8) is 0 Å². The van der Waals surface area contributed by atoms with E-state index in [9.17, 15) is 10.2 Å². The highest BCUT2D eigenvalue weighted by Crippen LogP contribution is 2.29. The van der Waals surface area contributed by atoms with Gasteiger partial charge in [0.15, 0.2) is 6.29 Å². The first kappa shape index (κ1) is 20.3. The smallest absolute Gasteiger partial charge is 0.184 e. The average molecular weight is 385 g/mol. The monoisotopic (exact) mass is 385 g/mol. The van der Waals surface area contributed by atoms with Crippen molar-refractivity contribution in [2.75, 3.05) is 13.2 Å². The molecular weight excluding hydrogens is 362 g/mol. The lowest BCUT2D eigenvalue weighted by Gasteiger charge is -2.38. The highest BCUT2D eigenvalue weighted by atomic mass is 16.7. The molecule has 1 heterocycles. The first-order valence-corrected chi connectivity index (χ1v) is 9.03. The van der Waals surface area contributed by atoms with Gasteiger partial charge in [0.2, 0.25) is 0 Å². The van der Waals surface area contributed by atoms with Gasteiger partial charge in [-0.1, -0.05) is 65.8 Å². The minimum Gasteiger partial charge on any atom is -0.390 e. The molecule has 1 saturated heterocycles. The van der Waals surface area contributed by atoms with Gasteiger partial charge >= 0.3 is 0 Å². The number of nitrogens with zero attached hydrogens (tertiary/aromatic N) is 3. The van der Waals surface area contributed by atoms with Crippen molar-refractivity contribution >= 4 is 0 Å². The summed E-state index contributed by atoms with van der Waals surface area (Å²) < 4.78 is 16.9. The molecule has 8 nitrogen and oxygen atoms in total. The van der Waals surface area contributed by atoms with E-state index in [1.165, 1.54) is 0 Å². The molecule has 0 unspecified atom stereocenters. The van der Waals surface area contributed by atoms with E-state index in [0.717, 1.165) is 11.1 Å². The van der Waals surface area contributed by atoms with E-state index in [4.69, 9.17) is 19.7 Å². The average Bonchev–Trinajstić information content (AvgIpc) is 2.74. The van der Waals surface area contributed by atoms with E-state index in [2.05, 4.69) is 10.0 Å². The molecule has 0 aliphatic carbocycles. The zero-order valence-electron chi connectivity index (χ0n) is 15.2. The summed E-state index contributed by atoms with van der Waals surface area (Å²) in [5, 5.41) is 24.6. The zero-order chi connectivity index (χ0) is 19.8. The summed E-state index contributed by atoms with van der Waals surface area (Å²) in [7, 11) is 0. The molecule has 0 spiro atoms. The van der Waals surface area contributed by atoms with Crippen LogP contribution in [-0.2, 0) is 20.8 Å². The first-order chi connectivity index (χ1) is 13.7. The van der Waals surface area contributed by atoms with Crippen LogP contribution < -0.4 is 0 Å². The quantitative estimate of drug-likeness (QED) is 0.412. The fourth-order valence-corrected chi connectivity index (χ4v) is 3.00. The number of rotatable bonds is 8. The van der Waals surface area contributed by atoms with Gasteiger partial charge in [-0.3, -0.25) is 0 Å². The number of aliphatic hydroxyl groups excluding tert-OH is 2. The zero-order valence-corrected chi connectivity index (χ0v) is 15.2. The molecule has 1 aliphatic heterocycles. The number of benzene rings is 2. The summed E-state index contributed by atoms with van der Waals surface area (Å²) in [4.78, 5) is 2.80. The lowest BCUT2D eigenvalue weighted by Crippen LogP contribution is -2.51. The van der Waals surface area contributed by atoms with Crippen molar-refractivity contribution in [3.05, 3.63) is 82.2 Å². The van der Waals surface area contributed by atoms with Gasteiger partial charge in [0.1, 0.15) is 12.2 Å². The second-order valence-electron chi connectivity index (χ2n) is 6.51. The van der Waals surface area contributed by atoms with Crippen LogP contribution in [0.4, 0.5) is 0 Å². The maximum Gasteiger partial charge on any atom is 0.184 e. The summed E-state index contributed by atoms with van der Waals surface area (Å²) >= 11 is 0. The van der Waals surface area contributed by atoms with Gasteiger partial charge < -0.3 is 24.4 Å². The van der Waals surface area contributed by atoms with Crippen LogP contribution in [0.15, 0.2) is 65.8 Å². The van der Waals surface area contributed by atoms with E-state index in [0.29, 0.717) is 6.61 Å². The molecule has 28 heavy (non-hydrogen) atoms. The summed E-state index contributed by atoms with van der Waals surface area (Å²) in [6, 6.07) is 17.8. The minimum atomic E-state index is -1.25. The molecular formula is C20H23N3O5. The molecule has 3 rings (SSSR count). The van der Waals surface area contributed by atoms with Crippen LogP contribution >= 0.6 is 0 Å². The largest absolute Gasteiger partial charge is 0.390 e. The SMILES string of the molecule is [N-]=[N+]=N[C@@H](COCc1ccccc1)[C@@H](O)[C@@H]1O[C@H](c2ccccc2)OC[C@H]1O. The van der Waals surface area contributed by atoms with Crippen LogP contribution in [0.3, 0.4) is 0 Å². The predicted molar refractivity (Wildman–Crippen MR) is 101 cm³/mol. The standard InChI is InChI=1S/C20H23N3O5/c21-23-22-16(12-26-11-14-7-3-1-4-8-14)18(25)19-17(24)13-27-20(28-19)15-9-5-2-6-10-15/h1-10,16-20,24-25H,11-13H2/t16-,17+,18+,19+,20+/m0/s1. The van der Waals surface area contributed by atoms with E-state index in [1.807, 2.05) is 60.7 Å². The van der Waals surface area contributed by atoms with E-state index >= 15 is 0 Å². The number of azide groups is 1. The molecule has 1 fully saturated rings. The maximum atomic E-state index is 10.7. The van der Waals surface area contributed by atoms with Crippen molar-refractivity contribution in [1.29, 1.82) is 0 Å². The Morgan fingerprint density at radius 2 is 1.82 bits per heavy atom. The molecule has 2 N–H and O–H groups in total. The van der Waals surface area contributed by atoms with Crippen molar-refractivity contribution in [3.8, 4) is 0 Å². The lowest BCUT2D eigenvalue weighted by molar-refractivity contribution is -0.278. The van der Waals surface area contributed by atoms with Crippen molar-refractivity contribution in [2.24, 2.45) is 5.11 Å². The molecule has 0 saturated carbocycles. The number of hydrogen-bond acceptors (Lipinski definition) is 6. The summed E-state index contributed by atoms with van der Waals surface area (Å²) in [5.41, 5.74) is 10.6. The van der Waals surface area contributed by atoms with Gasteiger partial charge in [-0.25, -0.2) is 0 Å². The van der Waals surface area contributed by atoms with Crippen LogP contribution in [0.25, 0.3) is 10.4 Å². The molecule has 0 amide bonds. The normalized spacial score (nSPS) is 24.1. The summed E-state index contributed by atoms with van der Waals surface area (Å²) in [6.45, 7) is 0.299. The highest BCUT2D eigenvalue weighted by Gasteiger charge is 2.39. The Hall–Kier alpha value is -2.45. The number of ether oxygens (including phenoxy) is 3. The molecule has 2 aromatic carbocycles. The minimum absolute atomic E-state index is 0.00481.